The number of hydrogen-bond donors (Lipinski definition) is 1. The molecule has 4 heteroatoms. The highest BCUT2D eigenvalue weighted by molar-refractivity contribution is 8.00. The molecule has 0 bridgehead atoms. The molecule has 1 aliphatic heterocycles. The Hall–Kier alpha value is -0.220. The average Bonchev–Trinajstić information content (AvgIpc) is 2.18. The molecular weight excluding hydrogens is 138 g/mol. The molecule has 1 heterocycles. The maximum absolute atomic E-state index is 10.7. The van der Waals surface area contributed by atoms with E-state index in [1.54, 1.807) is 0 Å². The zero-order chi connectivity index (χ0) is 6.69. The summed E-state index contributed by atoms with van der Waals surface area (Å²) in [5.41, 5.74) is 5.23. The van der Waals surface area contributed by atoms with Crippen LogP contribution >= 0.6 is 11.8 Å². The van der Waals surface area contributed by atoms with Crippen LogP contribution in [0.15, 0.2) is 0 Å². The Morgan fingerprint density at radius 2 is 2.67 bits per heavy atom. The van der Waals surface area contributed by atoms with Crippen LogP contribution in [0.4, 0.5) is 0 Å². The molecule has 0 aliphatic carbocycles. The predicted molar refractivity (Wildman–Crippen MR) is 36.0 cm³/mol. The number of ether oxygens (including phenoxy) is 1. The van der Waals surface area contributed by atoms with Gasteiger partial charge in [-0.05, 0) is 0 Å². The average molecular weight is 147 g/mol. The smallest absolute Gasteiger partial charge is 0.319 e. The number of cyclic esters (lactones) is 1. The summed E-state index contributed by atoms with van der Waals surface area (Å²) in [6, 6.07) is 0. The third-order valence-corrected chi connectivity index (χ3v) is 2.21. The van der Waals surface area contributed by atoms with Crippen molar-refractivity contribution in [1.29, 1.82) is 0 Å². The first-order chi connectivity index (χ1) is 4.34. The van der Waals surface area contributed by atoms with Crippen molar-refractivity contribution in [3.63, 3.8) is 0 Å². The summed E-state index contributed by atoms with van der Waals surface area (Å²) in [4.78, 5) is 10.7. The molecule has 3 nitrogen and oxygen atoms in total. The number of rotatable bonds is 2. The molecule has 1 saturated heterocycles. The van der Waals surface area contributed by atoms with Gasteiger partial charge >= 0.3 is 5.97 Å². The van der Waals surface area contributed by atoms with Crippen LogP contribution in [0, 0.1) is 0 Å². The quantitative estimate of drug-likeness (QED) is 0.439. The highest BCUT2D eigenvalue weighted by atomic mass is 32.2. The lowest BCUT2D eigenvalue weighted by Gasteiger charge is -1.99. The van der Waals surface area contributed by atoms with E-state index in [0.29, 0.717) is 12.5 Å². The summed E-state index contributed by atoms with van der Waals surface area (Å²) in [6.45, 7) is 0.566. The van der Waals surface area contributed by atoms with Crippen molar-refractivity contribution in [2.45, 2.75) is 11.7 Å². The molecule has 1 unspecified atom stereocenters. The van der Waals surface area contributed by atoms with Gasteiger partial charge in [0.15, 0.2) is 0 Å². The fourth-order valence-corrected chi connectivity index (χ4v) is 1.44. The van der Waals surface area contributed by atoms with E-state index in [4.69, 9.17) is 10.5 Å². The van der Waals surface area contributed by atoms with Crippen molar-refractivity contribution in [3.8, 4) is 0 Å². The Bertz CT molecular complexity index is 118. The fourth-order valence-electron chi connectivity index (χ4n) is 0.745. The number of esters is 1. The first kappa shape index (κ1) is 6.89. The van der Waals surface area contributed by atoms with E-state index in [2.05, 4.69) is 0 Å². The Kier molecular flexibility index (Phi) is 2.36. The van der Waals surface area contributed by atoms with Crippen molar-refractivity contribution in [2.24, 2.45) is 5.73 Å². The van der Waals surface area contributed by atoms with Crippen LogP contribution < -0.4 is 5.73 Å². The van der Waals surface area contributed by atoms with Crippen LogP contribution in [-0.4, -0.2) is 23.7 Å². The molecule has 0 aromatic heterocycles. The van der Waals surface area contributed by atoms with Crippen LogP contribution in [0.1, 0.15) is 6.42 Å². The van der Waals surface area contributed by atoms with Gasteiger partial charge in [0, 0.05) is 12.3 Å². The summed E-state index contributed by atoms with van der Waals surface area (Å²) in [5, 5.41) is 0.00926. The number of thioether (sulfide) groups is 1. The van der Waals surface area contributed by atoms with E-state index >= 15 is 0 Å². The summed E-state index contributed by atoms with van der Waals surface area (Å²) >= 11 is 1.45. The van der Waals surface area contributed by atoms with Crippen LogP contribution in [0.5, 0.6) is 0 Å². The van der Waals surface area contributed by atoms with Gasteiger partial charge in [0.1, 0.15) is 5.25 Å². The minimum atomic E-state index is -0.106. The zero-order valence-corrected chi connectivity index (χ0v) is 5.82. The second kappa shape index (κ2) is 3.08. The standard InChI is InChI=1S/C5H9NO2S/c6-3-9-4-1-2-8-5(4)7/h4H,1-3,6H2. The maximum Gasteiger partial charge on any atom is 0.319 e. The van der Waals surface area contributed by atoms with E-state index < -0.39 is 0 Å². The Labute approximate surface area is 57.9 Å². The van der Waals surface area contributed by atoms with E-state index in [1.807, 2.05) is 0 Å². The molecule has 52 valence electrons. The van der Waals surface area contributed by atoms with Gasteiger partial charge in [-0.25, -0.2) is 0 Å². The molecule has 0 amide bonds. The molecule has 0 spiro atoms. The monoisotopic (exact) mass is 147 g/mol. The van der Waals surface area contributed by atoms with Gasteiger partial charge in [-0.1, -0.05) is 0 Å². The van der Waals surface area contributed by atoms with E-state index in [-0.39, 0.29) is 11.2 Å². The summed E-state index contributed by atoms with van der Waals surface area (Å²) in [5.74, 6) is 0.394. The van der Waals surface area contributed by atoms with Gasteiger partial charge in [0.25, 0.3) is 0 Å². The molecule has 1 rings (SSSR count). The Balaban J connectivity index is 2.31. The van der Waals surface area contributed by atoms with Gasteiger partial charge in [0.2, 0.25) is 0 Å². The highest BCUT2D eigenvalue weighted by Gasteiger charge is 2.25. The normalized spacial score (nSPS) is 26.3. The van der Waals surface area contributed by atoms with Crippen molar-refractivity contribution >= 4 is 17.7 Å². The Morgan fingerprint density at radius 3 is 3.11 bits per heavy atom. The van der Waals surface area contributed by atoms with Gasteiger partial charge < -0.3 is 10.5 Å². The lowest BCUT2D eigenvalue weighted by atomic mass is 10.4. The molecular formula is C5H9NO2S. The van der Waals surface area contributed by atoms with Gasteiger partial charge in [-0.3, -0.25) is 4.79 Å². The molecule has 1 fully saturated rings. The highest BCUT2D eigenvalue weighted by Crippen LogP contribution is 2.19. The largest absolute Gasteiger partial charge is 0.465 e. The van der Waals surface area contributed by atoms with Crippen LogP contribution in [0.3, 0.4) is 0 Å². The molecule has 1 atom stereocenters. The van der Waals surface area contributed by atoms with Crippen molar-refractivity contribution in [3.05, 3.63) is 0 Å². The van der Waals surface area contributed by atoms with E-state index in [1.165, 1.54) is 11.8 Å². The second-order valence-corrected chi connectivity index (χ2v) is 3.01. The Morgan fingerprint density at radius 1 is 1.89 bits per heavy atom. The van der Waals surface area contributed by atoms with E-state index in [0.717, 1.165) is 6.42 Å². The molecule has 2 N–H and O–H groups in total. The van der Waals surface area contributed by atoms with Gasteiger partial charge in [-0.15, -0.1) is 11.8 Å². The topological polar surface area (TPSA) is 52.3 Å². The first-order valence-electron chi connectivity index (χ1n) is 2.83. The number of nitrogens with two attached hydrogens (primary N) is 1. The SMILES string of the molecule is NCSC1CCOC1=O. The predicted octanol–water partition coefficient (Wildman–Crippen LogP) is -0.0487. The number of carbonyl (C=O) groups excluding carboxylic acids is 1. The van der Waals surface area contributed by atoms with Crippen LogP contribution in [0.2, 0.25) is 0 Å². The van der Waals surface area contributed by atoms with Gasteiger partial charge in [0.05, 0.1) is 6.61 Å². The first-order valence-corrected chi connectivity index (χ1v) is 3.88. The number of hydrogen-bond acceptors (Lipinski definition) is 4. The molecule has 0 aromatic carbocycles. The third-order valence-electron chi connectivity index (χ3n) is 1.18. The van der Waals surface area contributed by atoms with Crippen LogP contribution in [-0.2, 0) is 9.53 Å². The number of carbonyl (C=O) groups is 1. The minimum absolute atomic E-state index is 0.00926. The summed E-state index contributed by atoms with van der Waals surface area (Å²) < 4.78 is 4.70. The molecule has 9 heavy (non-hydrogen) atoms. The fraction of sp³-hybridized carbons (Fsp3) is 0.800. The summed E-state index contributed by atoms with van der Waals surface area (Å²) in [6.07, 6.45) is 0.820. The minimum Gasteiger partial charge on any atom is -0.465 e. The molecule has 1 aliphatic rings. The van der Waals surface area contributed by atoms with Crippen molar-refractivity contribution < 1.29 is 9.53 Å². The van der Waals surface area contributed by atoms with E-state index in [9.17, 15) is 4.79 Å². The molecule has 0 radical (unpaired) electrons. The molecule has 0 aromatic rings. The zero-order valence-electron chi connectivity index (χ0n) is 5.00. The third kappa shape index (κ3) is 1.59. The van der Waals surface area contributed by atoms with Crippen molar-refractivity contribution in [1.82, 2.24) is 0 Å². The van der Waals surface area contributed by atoms with Crippen molar-refractivity contribution in [2.75, 3.05) is 12.5 Å². The molecule has 0 saturated carbocycles. The summed E-state index contributed by atoms with van der Waals surface area (Å²) in [7, 11) is 0. The lowest BCUT2D eigenvalue weighted by molar-refractivity contribution is -0.137. The second-order valence-electron chi connectivity index (χ2n) is 1.78. The lowest BCUT2D eigenvalue weighted by Crippen LogP contribution is -2.12. The van der Waals surface area contributed by atoms with Gasteiger partial charge in [-0.2, -0.15) is 0 Å². The maximum atomic E-state index is 10.7. The van der Waals surface area contributed by atoms with Crippen LogP contribution in [0.25, 0.3) is 0 Å².